The van der Waals surface area contributed by atoms with Crippen LogP contribution < -0.4 is 0 Å². The fourth-order valence-corrected chi connectivity index (χ4v) is 6.66. The summed E-state index contributed by atoms with van der Waals surface area (Å²) in [5, 5.41) is 0. The van der Waals surface area contributed by atoms with Crippen molar-refractivity contribution in [1.82, 2.24) is 4.31 Å². The lowest BCUT2D eigenvalue weighted by atomic mass is 9.52. The smallest absolute Gasteiger partial charge is 0.243 e. The Morgan fingerprint density at radius 2 is 1.91 bits per heavy atom. The monoisotopic (exact) mass is 321 g/mol. The van der Waals surface area contributed by atoms with E-state index in [4.69, 9.17) is 4.74 Å². The molecule has 4 rings (SSSR count). The maximum absolute atomic E-state index is 13.0. The Kier molecular flexibility index (Phi) is 2.89. The number of epoxide rings is 1. The highest BCUT2D eigenvalue weighted by molar-refractivity contribution is 7.89. The minimum absolute atomic E-state index is 0.0289. The average Bonchev–Trinajstić information content (AvgIpc) is 3.20. The lowest BCUT2D eigenvalue weighted by molar-refractivity contribution is -0.102. The number of hydrogen-bond donors (Lipinski definition) is 0. The van der Waals surface area contributed by atoms with E-state index in [1.807, 2.05) is 19.1 Å². The van der Waals surface area contributed by atoms with Crippen LogP contribution >= 0.6 is 0 Å². The molecule has 1 saturated heterocycles. The topological polar surface area (TPSA) is 49.9 Å². The van der Waals surface area contributed by atoms with Crippen LogP contribution in [0.15, 0.2) is 29.2 Å². The van der Waals surface area contributed by atoms with E-state index in [2.05, 4.69) is 6.92 Å². The number of rotatable bonds is 3. The van der Waals surface area contributed by atoms with Crippen molar-refractivity contribution in [2.24, 2.45) is 11.3 Å². The van der Waals surface area contributed by atoms with Gasteiger partial charge in [-0.1, -0.05) is 31.0 Å². The number of aryl methyl sites for hydroxylation is 1. The van der Waals surface area contributed by atoms with E-state index in [-0.39, 0.29) is 17.1 Å². The van der Waals surface area contributed by atoms with Crippen molar-refractivity contribution >= 4 is 10.0 Å². The van der Waals surface area contributed by atoms with Crippen LogP contribution in [0.1, 0.15) is 31.7 Å². The van der Waals surface area contributed by atoms with Crippen LogP contribution in [0.2, 0.25) is 0 Å². The Balaban J connectivity index is 1.69. The molecular formula is C17H23NO3S. The predicted molar refractivity (Wildman–Crippen MR) is 84.0 cm³/mol. The Labute approximate surface area is 132 Å². The standard InChI is InChI=1S/C17H23NO3S/c1-12-6-8-13(9-7-12)22(19,20)18(3)15-16(2)10-4-5-14(16)17(15)11-21-17/h6-9,14-15H,4-5,10-11H2,1-3H3/t14-,15-,16+,17+/m0/s1. The van der Waals surface area contributed by atoms with Crippen LogP contribution in [0.3, 0.4) is 0 Å². The quantitative estimate of drug-likeness (QED) is 0.804. The second-order valence-corrected chi connectivity index (χ2v) is 9.43. The molecule has 1 spiro atoms. The van der Waals surface area contributed by atoms with E-state index in [0.29, 0.717) is 17.4 Å². The van der Waals surface area contributed by atoms with E-state index in [9.17, 15) is 8.42 Å². The molecular weight excluding hydrogens is 298 g/mol. The molecule has 120 valence electrons. The number of ether oxygens (including phenoxy) is 1. The summed E-state index contributed by atoms with van der Waals surface area (Å²) >= 11 is 0. The maximum atomic E-state index is 13.0. The van der Waals surface area contributed by atoms with Crippen LogP contribution in [-0.2, 0) is 14.8 Å². The molecule has 0 N–H and O–H groups in total. The van der Waals surface area contributed by atoms with Crippen molar-refractivity contribution in [2.45, 2.75) is 49.6 Å². The first kappa shape index (κ1) is 14.7. The fourth-order valence-electron chi connectivity index (χ4n) is 5.15. The predicted octanol–water partition coefficient (Wildman–Crippen LogP) is 2.57. The summed E-state index contributed by atoms with van der Waals surface area (Å²) in [7, 11) is -1.75. The SMILES string of the molecule is Cc1ccc(S(=O)(=O)N(C)[C@H]2[C@]3(C)CCC[C@@H]3[C@]23CO3)cc1. The zero-order valence-corrected chi connectivity index (χ0v) is 14.2. The fraction of sp³-hybridized carbons (Fsp3) is 0.647. The summed E-state index contributed by atoms with van der Waals surface area (Å²) in [6.07, 6.45) is 3.45. The zero-order valence-electron chi connectivity index (χ0n) is 13.4. The second kappa shape index (κ2) is 4.34. The lowest BCUT2D eigenvalue weighted by Crippen LogP contribution is -2.70. The Morgan fingerprint density at radius 3 is 2.50 bits per heavy atom. The van der Waals surface area contributed by atoms with Gasteiger partial charge in [0.05, 0.1) is 17.5 Å². The molecule has 1 aromatic rings. The van der Waals surface area contributed by atoms with Gasteiger partial charge in [-0.25, -0.2) is 8.42 Å². The molecule has 22 heavy (non-hydrogen) atoms. The molecule has 2 aliphatic carbocycles. The third-order valence-electron chi connectivity index (χ3n) is 6.22. The van der Waals surface area contributed by atoms with E-state index in [1.165, 1.54) is 12.8 Å². The van der Waals surface area contributed by atoms with Gasteiger partial charge in [0.2, 0.25) is 10.0 Å². The van der Waals surface area contributed by atoms with Crippen LogP contribution in [0, 0.1) is 18.3 Å². The molecule has 3 aliphatic rings. The minimum atomic E-state index is -3.47. The molecule has 1 aliphatic heterocycles. The van der Waals surface area contributed by atoms with Crippen molar-refractivity contribution in [3.05, 3.63) is 29.8 Å². The highest BCUT2D eigenvalue weighted by atomic mass is 32.2. The van der Waals surface area contributed by atoms with E-state index < -0.39 is 10.0 Å². The van der Waals surface area contributed by atoms with Gasteiger partial charge in [-0.2, -0.15) is 4.31 Å². The van der Waals surface area contributed by atoms with Crippen molar-refractivity contribution in [3.63, 3.8) is 0 Å². The van der Waals surface area contributed by atoms with Gasteiger partial charge in [0.1, 0.15) is 5.60 Å². The van der Waals surface area contributed by atoms with Crippen molar-refractivity contribution in [1.29, 1.82) is 0 Å². The molecule has 0 unspecified atom stereocenters. The first-order valence-electron chi connectivity index (χ1n) is 8.01. The zero-order chi connectivity index (χ0) is 15.8. The van der Waals surface area contributed by atoms with E-state index >= 15 is 0 Å². The number of sulfonamides is 1. The largest absolute Gasteiger partial charge is 0.367 e. The van der Waals surface area contributed by atoms with Gasteiger partial charge in [-0.3, -0.25) is 0 Å². The number of benzene rings is 1. The van der Waals surface area contributed by atoms with Crippen LogP contribution in [0.25, 0.3) is 0 Å². The molecule has 1 heterocycles. The molecule has 0 bridgehead atoms. The van der Waals surface area contributed by atoms with Crippen LogP contribution in [0.5, 0.6) is 0 Å². The Hall–Kier alpha value is -0.910. The minimum Gasteiger partial charge on any atom is -0.367 e. The normalized spacial score (nSPS) is 39.8. The molecule has 4 nitrogen and oxygen atoms in total. The van der Waals surface area contributed by atoms with Gasteiger partial charge < -0.3 is 4.74 Å². The van der Waals surface area contributed by atoms with Gasteiger partial charge >= 0.3 is 0 Å². The first-order chi connectivity index (χ1) is 10.3. The van der Waals surface area contributed by atoms with Gasteiger partial charge in [0.25, 0.3) is 0 Å². The van der Waals surface area contributed by atoms with Crippen LogP contribution in [0.4, 0.5) is 0 Å². The Morgan fingerprint density at radius 1 is 1.27 bits per heavy atom. The number of likely N-dealkylation sites (N-methyl/N-ethyl adjacent to an activating group) is 1. The molecule has 0 aromatic heterocycles. The molecule has 4 atom stereocenters. The molecule has 0 radical (unpaired) electrons. The lowest BCUT2D eigenvalue weighted by Gasteiger charge is -2.58. The van der Waals surface area contributed by atoms with Crippen molar-refractivity contribution in [2.75, 3.05) is 13.7 Å². The van der Waals surface area contributed by atoms with E-state index in [0.717, 1.165) is 12.0 Å². The number of fused-ring (bicyclic) bond motifs is 2. The second-order valence-electron chi connectivity index (χ2n) is 7.43. The molecule has 3 fully saturated rings. The summed E-state index contributed by atoms with van der Waals surface area (Å²) in [6, 6.07) is 7.08. The molecule has 1 aromatic carbocycles. The summed E-state index contributed by atoms with van der Waals surface area (Å²) in [5.41, 5.74) is 0.941. The van der Waals surface area contributed by atoms with Crippen molar-refractivity contribution < 1.29 is 13.2 Å². The molecule has 2 saturated carbocycles. The van der Waals surface area contributed by atoms with Gasteiger partial charge in [-0.05, 0) is 43.2 Å². The Bertz CT molecular complexity index is 708. The summed E-state index contributed by atoms with van der Waals surface area (Å²) in [5.74, 6) is 0.528. The van der Waals surface area contributed by atoms with E-state index in [1.54, 1.807) is 23.5 Å². The van der Waals surface area contributed by atoms with Crippen LogP contribution in [-0.4, -0.2) is 38.0 Å². The number of nitrogens with zero attached hydrogens (tertiary/aromatic N) is 1. The maximum Gasteiger partial charge on any atom is 0.243 e. The van der Waals surface area contributed by atoms with Gasteiger partial charge in [-0.15, -0.1) is 0 Å². The van der Waals surface area contributed by atoms with Gasteiger partial charge in [0, 0.05) is 7.05 Å². The summed E-state index contributed by atoms with van der Waals surface area (Å²) in [6.45, 7) is 4.92. The third kappa shape index (κ3) is 1.67. The van der Waals surface area contributed by atoms with Gasteiger partial charge in [0.15, 0.2) is 0 Å². The first-order valence-corrected chi connectivity index (χ1v) is 9.45. The summed E-state index contributed by atoms with van der Waals surface area (Å²) < 4.78 is 33.4. The molecule has 0 amide bonds. The molecule has 5 heteroatoms. The average molecular weight is 321 g/mol. The summed E-state index contributed by atoms with van der Waals surface area (Å²) in [4.78, 5) is 0.376. The van der Waals surface area contributed by atoms with Crippen molar-refractivity contribution in [3.8, 4) is 0 Å². The highest BCUT2D eigenvalue weighted by Gasteiger charge is 2.78. The number of hydrogen-bond acceptors (Lipinski definition) is 3. The third-order valence-corrected chi connectivity index (χ3v) is 8.06. The highest BCUT2D eigenvalue weighted by Crippen LogP contribution is 2.70.